The number of anilines is 1. The van der Waals surface area contributed by atoms with Crippen LogP contribution in [0.1, 0.15) is 42.9 Å². The smallest absolute Gasteiger partial charge is 0.238 e. The van der Waals surface area contributed by atoms with E-state index in [-0.39, 0.29) is 23.2 Å². The summed E-state index contributed by atoms with van der Waals surface area (Å²) in [5.41, 5.74) is 2.26. The van der Waals surface area contributed by atoms with Gasteiger partial charge >= 0.3 is 0 Å². The summed E-state index contributed by atoms with van der Waals surface area (Å²) in [5, 5.41) is 4.90. The first-order chi connectivity index (χ1) is 18.1. The van der Waals surface area contributed by atoms with E-state index in [9.17, 15) is 14.4 Å². The van der Waals surface area contributed by atoms with E-state index in [2.05, 4.69) is 10.3 Å². The first kappa shape index (κ1) is 21.9. The Bertz CT molecular complexity index is 1600. The van der Waals surface area contributed by atoms with E-state index in [1.165, 1.54) is 11.3 Å². The number of Topliss-reactive ketones (excluding diaryl/α,β-unsaturated/α-hetero) is 2. The minimum atomic E-state index is -1.31. The fourth-order valence-electron chi connectivity index (χ4n) is 6.40. The van der Waals surface area contributed by atoms with Crippen molar-refractivity contribution in [2.24, 2.45) is 5.92 Å². The van der Waals surface area contributed by atoms with Gasteiger partial charge in [0.2, 0.25) is 11.7 Å². The molecule has 0 bridgehead atoms. The van der Waals surface area contributed by atoms with Crippen LogP contribution >= 0.6 is 11.3 Å². The van der Waals surface area contributed by atoms with Crippen LogP contribution in [0.5, 0.6) is 0 Å². The summed E-state index contributed by atoms with van der Waals surface area (Å²) < 4.78 is 0. The number of thiophene rings is 1. The minimum absolute atomic E-state index is 0.212. The molecular weight excluding hydrogens is 482 g/mol. The monoisotopic (exact) mass is 503 g/mol. The van der Waals surface area contributed by atoms with Crippen LogP contribution in [0.15, 0.2) is 96.6 Å². The highest BCUT2D eigenvalue weighted by Gasteiger charge is 2.70. The Kier molecular flexibility index (Phi) is 4.78. The molecule has 1 spiro atoms. The summed E-state index contributed by atoms with van der Waals surface area (Å²) in [5.74, 6) is -1.72. The van der Waals surface area contributed by atoms with Crippen molar-refractivity contribution in [2.45, 2.75) is 17.5 Å². The van der Waals surface area contributed by atoms with Gasteiger partial charge in [-0.15, -0.1) is 11.3 Å². The summed E-state index contributed by atoms with van der Waals surface area (Å²) in [7, 11) is 0. The second kappa shape index (κ2) is 8.08. The van der Waals surface area contributed by atoms with E-state index in [1.807, 2.05) is 77.2 Å². The van der Waals surface area contributed by atoms with Crippen LogP contribution < -0.4 is 5.32 Å². The first-order valence-electron chi connectivity index (χ1n) is 12.1. The Morgan fingerprint density at radius 3 is 2.54 bits per heavy atom. The number of pyridine rings is 1. The SMILES string of the molecule is O=C(c1ccccn1)C1C(C(=O)c2cccs2)C2(C(=O)Nc3ccccc32)C2c3ccccc3C=CN12. The number of benzene rings is 2. The van der Waals surface area contributed by atoms with Crippen LogP contribution in [-0.4, -0.2) is 33.4 Å². The van der Waals surface area contributed by atoms with Gasteiger partial charge in [0.05, 0.1) is 16.8 Å². The van der Waals surface area contributed by atoms with Crippen molar-refractivity contribution in [3.63, 3.8) is 0 Å². The Morgan fingerprint density at radius 1 is 0.919 bits per heavy atom. The van der Waals surface area contributed by atoms with Gasteiger partial charge in [-0.1, -0.05) is 54.6 Å². The van der Waals surface area contributed by atoms with Crippen LogP contribution in [0.25, 0.3) is 6.08 Å². The Balaban J connectivity index is 1.55. The number of aromatic nitrogens is 1. The van der Waals surface area contributed by atoms with Crippen molar-refractivity contribution in [1.82, 2.24) is 9.88 Å². The van der Waals surface area contributed by atoms with Gasteiger partial charge in [0.15, 0.2) is 5.78 Å². The Hall–Kier alpha value is -4.36. The largest absolute Gasteiger partial charge is 0.358 e. The normalized spacial score (nSPS) is 24.9. The molecular formula is C30H21N3O3S. The molecule has 1 saturated heterocycles. The molecule has 2 aromatic carbocycles. The highest BCUT2D eigenvalue weighted by atomic mass is 32.1. The lowest BCUT2D eigenvalue weighted by molar-refractivity contribution is -0.122. The van der Waals surface area contributed by atoms with Crippen molar-refractivity contribution >= 4 is 40.6 Å². The van der Waals surface area contributed by atoms with Crippen molar-refractivity contribution in [3.8, 4) is 0 Å². The number of nitrogens with zero attached hydrogens (tertiary/aromatic N) is 2. The molecule has 0 aliphatic carbocycles. The van der Waals surface area contributed by atoms with Crippen LogP contribution in [0.2, 0.25) is 0 Å². The molecule has 2 aromatic heterocycles. The number of para-hydroxylation sites is 1. The number of amides is 1. The van der Waals surface area contributed by atoms with Gasteiger partial charge in [0.25, 0.3) is 0 Å². The summed E-state index contributed by atoms with van der Waals surface area (Å²) in [6, 6.07) is 22.7. The van der Waals surface area contributed by atoms with Gasteiger partial charge in [-0.05, 0) is 52.4 Å². The summed E-state index contributed by atoms with van der Waals surface area (Å²) in [4.78, 5) is 49.7. The standard InChI is InChI=1S/C30H21N3O3S/c34-26(22-12-5-6-15-31-22)25-24(27(35)23-13-7-17-37-23)30(20-10-3-4-11-21(20)32-29(30)36)28-19-9-2-1-8-18(19)14-16-33(25)28/h1-17,24-25,28H,(H,32,36). The minimum Gasteiger partial charge on any atom is -0.358 e. The van der Waals surface area contributed by atoms with Gasteiger partial charge in [-0.3, -0.25) is 19.4 Å². The molecule has 6 nitrogen and oxygen atoms in total. The maximum atomic E-state index is 14.4. The third-order valence-corrected chi connectivity index (χ3v) is 8.69. The van der Waals surface area contributed by atoms with Crippen molar-refractivity contribution in [3.05, 3.63) is 124 Å². The zero-order valence-corrected chi connectivity index (χ0v) is 20.4. The van der Waals surface area contributed by atoms with Gasteiger partial charge in [-0.2, -0.15) is 0 Å². The summed E-state index contributed by atoms with van der Waals surface area (Å²) in [6.07, 6.45) is 5.40. The van der Waals surface area contributed by atoms with Crippen LogP contribution in [0.4, 0.5) is 5.69 Å². The second-order valence-corrected chi connectivity index (χ2v) is 10.5. The predicted molar refractivity (Wildman–Crippen MR) is 141 cm³/mol. The van der Waals surface area contributed by atoms with Gasteiger partial charge in [0, 0.05) is 18.1 Å². The molecule has 4 aromatic rings. The number of fused-ring (bicyclic) bond motifs is 6. The highest BCUT2D eigenvalue weighted by Crippen LogP contribution is 2.62. The van der Waals surface area contributed by atoms with E-state index in [0.29, 0.717) is 10.6 Å². The average Bonchev–Trinajstić information content (AvgIpc) is 3.65. The lowest BCUT2D eigenvalue weighted by atomic mass is 9.63. The van der Waals surface area contributed by atoms with Crippen molar-refractivity contribution in [1.29, 1.82) is 0 Å². The first-order valence-corrected chi connectivity index (χ1v) is 13.0. The van der Waals surface area contributed by atoms with E-state index < -0.39 is 23.4 Å². The fraction of sp³-hybridized carbons (Fsp3) is 0.133. The number of hydrogen-bond donors (Lipinski definition) is 1. The molecule has 0 radical (unpaired) electrons. The maximum Gasteiger partial charge on any atom is 0.238 e. The number of nitrogens with one attached hydrogen (secondary N) is 1. The molecule has 7 rings (SSSR count). The van der Waals surface area contributed by atoms with Crippen LogP contribution in [0, 0.1) is 5.92 Å². The predicted octanol–water partition coefficient (Wildman–Crippen LogP) is 5.12. The Morgan fingerprint density at radius 2 is 1.73 bits per heavy atom. The highest BCUT2D eigenvalue weighted by molar-refractivity contribution is 7.12. The maximum absolute atomic E-state index is 14.4. The lowest BCUT2D eigenvalue weighted by Crippen LogP contribution is -2.49. The van der Waals surface area contributed by atoms with Crippen molar-refractivity contribution < 1.29 is 14.4 Å². The number of hydrogen-bond acceptors (Lipinski definition) is 6. The lowest BCUT2D eigenvalue weighted by Gasteiger charge is -2.38. The van der Waals surface area contributed by atoms with Crippen LogP contribution in [-0.2, 0) is 10.2 Å². The average molecular weight is 504 g/mol. The second-order valence-electron chi connectivity index (χ2n) is 9.51. The molecule has 37 heavy (non-hydrogen) atoms. The fourth-order valence-corrected chi connectivity index (χ4v) is 7.10. The number of ketones is 2. The summed E-state index contributed by atoms with van der Waals surface area (Å²) in [6.45, 7) is 0. The number of rotatable bonds is 4. The molecule has 1 N–H and O–H groups in total. The molecule has 1 amide bonds. The molecule has 1 fully saturated rings. The van der Waals surface area contributed by atoms with E-state index in [4.69, 9.17) is 0 Å². The molecule has 180 valence electrons. The number of carbonyl (C=O) groups excluding carboxylic acids is 3. The molecule has 7 heteroatoms. The molecule has 3 aliphatic heterocycles. The zero-order valence-electron chi connectivity index (χ0n) is 19.6. The van der Waals surface area contributed by atoms with Gasteiger partial charge in [-0.25, -0.2) is 0 Å². The third kappa shape index (κ3) is 2.92. The topological polar surface area (TPSA) is 79.4 Å². The molecule has 3 aliphatic rings. The molecule has 5 heterocycles. The third-order valence-electron chi connectivity index (χ3n) is 7.80. The zero-order chi connectivity index (χ0) is 25.1. The quantitative estimate of drug-likeness (QED) is 0.391. The van der Waals surface area contributed by atoms with E-state index >= 15 is 0 Å². The van der Waals surface area contributed by atoms with Gasteiger partial charge in [0.1, 0.15) is 17.2 Å². The number of carbonyl (C=O) groups is 3. The molecule has 4 unspecified atom stereocenters. The summed E-state index contributed by atoms with van der Waals surface area (Å²) >= 11 is 1.33. The van der Waals surface area contributed by atoms with E-state index in [1.54, 1.807) is 30.5 Å². The Labute approximate surface area is 217 Å². The van der Waals surface area contributed by atoms with Crippen LogP contribution in [0.3, 0.4) is 0 Å². The molecule has 4 atom stereocenters. The molecule has 0 saturated carbocycles. The van der Waals surface area contributed by atoms with Gasteiger partial charge < -0.3 is 10.2 Å². The van der Waals surface area contributed by atoms with Crippen molar-refractivity contribution in [2.75, 3.05) is 5.32 Å². The van der Waals surface area contributed by atoms with E-state index in [0.717, 1.165) is 16.7 Å².